The summed E-state index contributed by atoms with van der Waals surface area (Å²) in [6, 6.07) is 3.46. The van der Waals surface area contributed by atoms with Crippen molar-refractivity contribution in [3.63, 3.8) is 0 Å². The smallest absolute Gasteiger partial charge is 0.254 e. The van der Waals surface area contributed by atoms with Gasteiger partial charge < -0.3 is 23.8 Å². The fourth-order valence-corrected chi connectivity index (χ4v) is 3.98. The first kappa shape index (κ1) is 17.9. The summed E-state index contributed by atoms with van der Waals surface area (Å²) in [5.74, 6) is 1.52. The largest absolute Gasteiger partial charge is 0.493 e. The van der Waals surface area contributed by atoms with Gasteiger partial charge in [-0.2, -0.15) is 0 Å². The summed E-state index contributed by atoms with van der Waals surface area (Å²) in [5.41, 5.74) is 0.783. The van der Waals surface area contributed by atoms with Crippen molar-refractivity contribution >= 4 is 5.91 Å². The molecule has 2 aliphatic rings. The summed E-state index contributed by atoms with van der Waals surface area (Å²) in [4.78, 5) is 15.1. The fourth-order valence-electron chi connectivity index (χ4n) is 3.98. The predicted molar refractivity (Wildman–Crippen MR) is 93.7 cm³/mol. The van der Waals surface area contributed by atoms with E-state index < -0.39 is 0 Å². The summed E-state index contributed by atoms with van der Waals surface area (Å²) in [6.45, 7) is 3.18. The van der Waals surface area contributed by atoms with Gasteiger partial charge in [-0.15, -0.1) is 0 Å². The van der Waals surface area contributed by atoms with Gasteiger partial charge in [0.25, 0.3) is 5.91 Å². The topological polar surface area (TPSA) is 57.2 Å². The van der Waals surface area contributed by atoms with Crippen molar-refractivity contribution < 1.29 is 23.7 Å². The second-order valence-corrected chi connectivity index (χ2v) is 6.86. The minimum Gasteiger partial charge on any atom is -0.493 e. The van der Waals surface area contributed by atoms with Crippen LogP contribution in [0.1, 0.15) is 36.0 Å². The number of ether oxygens (including phenoxy) is 4. The molecule has 0 aromatic heterocycles. The Balaban J connectivity index is 1.84. The summed E-state index contributed by atoms with van der Waals surface area (Å²) in [7, 11) is 4.67. The number of amides is 1. The SMILES string of the molecule is COc1cc(C(=O)N2CCCC3(CCOCC3)C2)cc(OC)c1OC. The Labute approximate surface area is 149 Å². The molecule has 1 aromatic rings. The number of nitrogens with zero attached hydrogens (tertiary/aromatic N) is 1. The van der Waals surface area contributed by atoms with Crippen LogP contribution in [0.25, 0.3) is 0 Å². The highest BCUT2D eigenvalue weighted by molar-refractivity contribution is 5.95. The van der Waals surface area contributed by atoms with E-state index in [1.807, 2.05) is 4.90 Å². The average Bonchev–Trinajstić information content (AvgIpc) is 2.66. The van der Waals surface area contributed by atoms with Gasteiger partial charge in [-0.1, -0.05) is 0 Å². The van der Waals surface area contributed by atoms with Crippen LogP contribution in [-0.4, -0.2) is 58.4 Å². The molecule has 0 N–H and O–H groups in total. The lowest BCUT2D eigenvalue weighted by atomic mass is 9.74. The minimum atomic E-state index is 0.0184. The average molecular weight is 349 g/mol. The maximum Gasteiger partial charge on any atom is 0.254 e. The quantitative estimate of drug-likeness (QED) is 0.837. The van der Waals surface area contributed by atoms with E-state index in [9.17, 15) is 4.79 Å². The Bertz CT molecular complexity index is 594. The number of benzene rings is 1. The number of carbonyl (C=O) groups is 1. The maximum atomic E-state index is 13.1. The van der Waals surface area contributed by atoms with Gasteiger partial charge in [0.1, 0.15) is 0 Å². The molecule has 2 heterocycles. The molecule has 6 nitrogen and oxygen atoms in total. The minimum absolute atomic E-state index is 0.0184. The van der Waals surface area contributed by atoms with Crippen molar-refractivity contribution in [1.29, 1.82) is 0 Å². The lowest BCUT2D eigenvalue weighted by Crippen LogP contribution is -2.48. The van der Waals surface area contributed by atoms with Crippen LogP contribution in [0.5, 0.6) is 17.2 Å². The second kappa shape index (κ2) is 7.52. The third kappa shape index (κ3) is 3.54. The number of likely N-dealkylation sites (tertiary alicyclic amines) is 1. The van der Waals surface area contributed by atoms with Crippen molar-refractivity contribution in [2.24, 2.45) is 5.41 Å². The van der Waals surface area contributed by atoms with E-state index >= 15 is 0 Å². The molecule has 138 valence electrons. The fraction of sp³-hybridized carbons (Fsp3) is 0.632. The number of rotatable bonds is 4. The van der Waals surface area contributed by atoms with Gasteiger partial charge in [0, 0.05) is 31.9 Å². The Kier molecular flexibility index (Phi) is 5.37. The van der Waals surface area contributed by atoms with E-state index in [2.05, 4.69) is 0 Å². The van der Waals surface area contributed by atoms with Crippen molar-refractivity contribution in [3.8, 4) is 17.2 Å². The lowest BCUT2D eigenvalue weighted by Gasteiger charge is -2.45. The third-order valence-electron chi connectivity index (χ3n) is 5.41. The van der Waals surface area contributed by atoms with Crippen molar-refractivity contribution in [3.05, 3.63) is 17.7 Å². The molecule has 1 aromatic carbocycles. The Morgan fingerprint density at radius 2 is 1.68 bits per heavy atom. The highest BCUT2D eigenvalue weighted by Gasteiger charge is 2.38. The van der Waals surface area contributed by atoms with Crippen LogP contribution in [-0.2, 0) is 4.74 Å². The van der Waals surface area contributed by atoms with Crippen molar-refractivity contribution in [2.45, 2.75) is 25.7 Å². The molecule has 2 fully saturated rings. The summed E-state index contributed by atoms with van der Waals surface area (Å²) in [5, 5.41) is 0. The van der Waals surface area contributed by atoms with Gasteiger partial charge in [-0.05, 0) is 43.2 Å². The van der Waals surface area contributed by atoms with Gasteiger partial charge >= 0.3 is 0 Å². The van der Waals surface area contributed by atoms with E-state index in [1.54, 1.807) is 33.5 Å². The molecule has 0 bridgehead atoms. The van der Waals surface area contributed by atoms with E-state index in [4.69, 9.17) is 18.9 Å². The van der Waals surface area contributed by atoms with Crippen LogP contribution in [0.3, 0.4) is 0 Å². The second-order valence-electron chi connectivity index (χ2n) is 6.86. The van der Waals surface area contributed by atoms with Crippen LogP contribution >= 0.6 is 0 Å². The molecule has 1 amide bonds. The predicted octanol–water partition coefficient (Wildman–Crippen LogP) is 2.75. The lowest BCUT2D eigenvalue weighted by molar-refractivity contribution is -0.0229. The zero-order chi connectivity index (χ0) is 17.9. The van der Waals surface area contributed by atoms with Gasteiger partial charge in [0.15, 0.2) is 11.5 Å². The van der Waals surface area contributed by atoms with Crippen LogP contribution < -0.4 is 14.2 Å². The number of hydrogen-bond acceptors (Lipinski definition) is 5. The zero-order valence-corrected chi connectivity index (χ0v) is 15.3. The van der Waals surface area contributed by atoms with Gasteiger partial charge in [-0.3, -0.25) is 4.79 Å². The van der Waals surface area contributed by atoms with Gasteiger partial charge in [0.2, 0.25) is 5.75 Å². The molecular weight excluding hydrogens is 322 g/mol. The Morgan fingerprint density at radius 3 is 2.24 bits per heavy atom. The molecule has 1 spiro atoms. The van der Waals surface area contributed by atoms with Crippen molar-refractivity contribution in [2.75, 3.05) is 47.6 Å². The molecule has 3 rings (SSSR count). The molecule has 2 saturated heterocycles. The van der Waals surface area contributed by atoms with Gasteiger partial charge in [-0.25, -0.2) is 0 Å². The van der Waals surface area contributed by atoms with Crippen LogP contribution in [0.15, 0.2) is 12.1 Å². The Morgan fingerprint density at radius 1 is 1.04 bits per heavy atom. The van der Waals surface area contributed by atoms with Crippen LogP contribution in [0, 0.1) is 5.41 Å². The standard InChI is InChI=1S/C19H27NO5/c1-22-15-11-14(12-16(23-2)17(15)24-3)18(21)20-8-4-5-19(13-20)6-9-25-10-7-19/h11-12H,4-10,13H2,1-3H3. The Hall–Kier alpha value is -1.95. The molecule has 6 heteroatoms. The number of piperidine rings is 1. The molecular formula is C19H27NO5. The molecule has 0 aliphatic carbocycles. The summed E-state index contributed by atoms with van der Waals surface area (Å²) < 4.78 is 21.6. The van der Waals surface area contributed by atoms with E-state index in [0.717, 1.165) is 45.6 Å². The molecule has 0 radical (unpaired) electrons. The first-order valence-electron chi connectivity index (χ1n) is 8.79. The van der Waals surface area contributed by atoms with Crippen molar-refractivity contribution in [1.82, 2.24) is 4.90 Å². The highest BCUT2D eigenvalue weighted by Crippen LogP contribution is 2.41. The molecule has 25 heavy (non-hydrogen) atoms. The summed E-state index contributed by atoms with van der Waals surface area (Å²) >= 11 is 0. The van der Waals surface area contributed by atoms with Crippen LogP contribution in [0.4, 0.5) is 0 Å². The monoisotopic (exact) mass is 349 g/mol. The van der Waals surface area contributed by atoms with E-state index in [-0.39, 0.29) is 11.3 Å². The van der Waals surface area contributed by atoms with Gasteiger partial charge in [0.05, 0.1) is 21.3 Å². The number of hydrogen-bond donors (Lipinski definition) is 0. The zero-order valence-electron chi connectivity index (χ0n) is 15.3. The molecule has 0 unspecified atom stereocenters. The molecule has 2 aliphatic heterocycles. The molecule has 0 saturated carbocycles. The third-order valence-corrected chi connectivity index (χ3v) is 5.41. The molecule has 0 atom stereocenters. The maximum absolute atomic E-state index is 13.1. The summed E-state index contributed by atoms with van der Waals surface area (Å²) in [6.07, 6.45) is 4.28. The highest BCUT2D eigenvalue weighted by atomic mass is 16.5. The van der Waals surface area contributed by atoms with Crippen LogP contribution in [0.2, 0.25) is 0 Å². The first-order valence-corrected chi connectivity index (χ1v) is 8.79. The van der Waals surface area contributed by atoms with E-state index in [0.29, 0.717) is 22.8 Å². The first-order chi connectivity index (χ1) is 12.1. The number of methoxy groups -OCH3 is 3. The normalized spacial score (nSPS) is 19.6. The number of carbonyl (C=O) groups excluding carboxylic acids is 1. The van der Waals surface area contributed by atoms with E-state index in [1.165, 1.54) is 6.42 Å².